The summed E-state index contributed by atoms with van der Waals surface area (Å²) in [4.78, 5) is 12.5. The number of para-hydroxylation sites is 3. The van der Waals surface area contributed by atoms with E-state index >= 15 is 0 Å². The van der Waals surface area contributed by atoms with Crippen molar-refractivity contribution >= 4 is 5.97 Å². The molecule has 2 heterocycles. The number of nitrogens with zero attached hydrogens (tertiary/aromatic N) is 1. The molecule has 144 valence electrons. The second-order valence-electron chi connectivity index (χ2n) is 6.29. The molecule has 1 aliphatic rings. The van der Waals surface area contributed by atoms with Crippen molar-refractivity contribution in [2.45, 2.75) is 25.7 Å². The number of benzene rings is 2. The van der Waals surface area contributed by atoms with Crippen LogP contribution in [0, 0.1) is 0 Å². The largest absolute Gasteiger partial charge is 0.496 e. The van der Waals surface area contributed by atoms with Crippen LogP contribution in [0.4, 0.5) is 0 Å². The average molecular weight is 381 g/mol. The zero-order chi connectivity index (χ0) is 19.5. The van der Waals surface area contributed by atoms with Crippen molar-refractivity contribution in [1.82, 2.24) is 5.16 Å². The van der Waals surface area contributed by atoms with Gasteiger partial charge in [0.2, 0.25) is 6.10 Å². The second-order valence-corrected chi connectivity index (χ2v) is 6.29. The minimum Gasteiger partial charge on any atom is -0.496 e. The summed E-state index contributed by atoms with van der Waals surface area (Å²) in [6.07, 6.45) is -1.33. The van der Waals surface area contributed by atoms with Crippen LogP contribution in [0.25, 0.3) is 11.3 Å². The van der Waals surface area contributed by atoms with Gasteiger partial charge in [-0.15, -0.1) is 0 Å². The molecular formula is C21H19NO6. The molecule has 0 spiro atoms. The Morgan fingerprint density at radius 2 is 1.79 bits per heavy atom. The zero-order valence-corrected chi connectivity index (χ0v) is 15.5. The van der Waals surface area contributed by atoms with Gasteiger partial charge in [-0.1, -0.05) is 29.4 Å². The number of methoxy groups -OCH3 is 1. The van der Waals surface area contributed by atoms with E-state index in [2.05, 4.69) is 5.16 Å². The minimum absolute atomic E-state index is 0.0603. The average Bonchev–Trinajstić information content (AvgIpc) is 3.20. The molecule has 0 saturated heterocycles. The fourth-order valence-corrected chi connectivity index (χ4v) is 2.97. The first-order valence-corrected chi connectivity index (χ1v) is 8.83. The van der Waals surface area contributed by atoms with Crippen LogP contribution < -0.4 is 14.2 Å². The van der Waals surface area contributed by atoms with Gasteiger partial charge in [0, 0.05) is 11.6 Å². The van der Waals surface area contributed by atoms with Gasteiger partial charge in [0.05, 0.1) is 7.11 Å². The number of esters is 1. The third-order valence-corrected chi connectivity index (χ3v) is 4.37. The van der Waals surface area contributed by atoms with Crippen molar-refractivity contribution < 1.29 is 28.3 Å². The van der Waals surface area contributed by atoms with Crippen LogP contribution in [0.5, 0.6) is 17.2 Å². The monoisotopic (exact) mass is 381 g/mol. The Labute approximate surface area is 161 Å². The molecule has 1 aliphatic heterocycles. The molecular weight excluding hydrogens is 362 g/mol. The van der Waals surface area contributed by atoms with Crippen LogP contribution in [-0.2, 0) is 16.1 Å². The highest BCUT2D eigenvalue weighted by atomic mass is 16.6. The molecule has 2 atom stereocenters. The quantitative estimate of drug-likeness (QED) is 0.625. The number of hydrogen-bond donors (Lipinski definition) is 0. The van der Waals surface area contributed by atoms with E-state index in [-0.39, 0.29) is 6.61 Å². The van der Waals surface area contributed by atoms with Crippen LogP contribution in [-0.4, -0.2) is 30.4 Å². The van der Waals surface area contributed by atoms with Crippen LogP contribution in [0.3, 0.4) is 0 Å². The lowest BCUT2D eigenvalue weighted by atomic mass is 10.1. The molecule has 0 amide bonds. The molecule has 3 aromatic rings. The number of hydrogen-bond acceptors (Lipinski definition) is 7. The van der Waals surface area contributed by atoms with E-state index in [1.54, 1.807) is 32.2 Å². The molecule has 7 heteroatoms. The molecule has 0 saturated carbocycles. The van der Waals surface area contributed by atoms with Crippen LogP contribution in [0.2, 0.25) is 0 Å². The highest BCUT2D eigenvalue weighted by Gasteiger charge is 2.35. The fraction of sp³-hybridized carbons (Fsp3) is 0.238. The molecule has 0 unspecified atom stereocenters. The highest BCUT2D eigenvalue weighted by molar-refractivity contribution is 5.76. The van der Waals surface area contributed by atoms with E-state index in [9.17, 15) is 4.79 Å². The Bertz CT molecular complexity index is 982. The first kappa shape index (κ1) is 17.9. The number of fused-ring (bicyclic) bond motifs is 1. The standard InChI is InChI=1S/C21H19NO6/c1-13-20(27-19-10-6-5-9-18(19)26-13)21(23)25-12-14-11-16(22-28-14)15-7-3-4-8-17(15)24-2/h3-11,13,20H,12H2,1-2H3/t13-,20-/m0/s1. The van der Waals surface area contributed by atoms with Gasteiger partial charge < -0.3 is 23.5 Å². The summed E-state index contributed by atoms with van der Waals surface area (Å²) in [5.74, 6) is 1.69. The molecule has 28 heavy (non-hydrogen) atoms. The number of ether oxygens (including phenoxy) is 4. The zero-order valence-electron chi connectivity index (χ0n) is 15.5. The fourth-order valence-electron chi connectivity index (χ4n) is 2.97. The van der Waals surface area contributed by atoms with Gasteiger partial charge >= 0.3 is 5.97 Å². The van der Waals surface area contributed by atoms with E-state index in [1.807, 2.05) is 36.4 Å². The van der Waals surface area contributed by atoms with E-state index in [1.165, 1.54) is 0 Å². The maximum Gasteiger partial charge on any atom is 0.351 e. The Hall–Kier alpha value is -3.48. The van der Waals surface area contributed by atoms with Gasteiger partial charge in [0.15, 0.2) is 23.9 Å². The van der Waals surface area contributed by atoms with Crippen molar-refractivity contribution in [1.29, 1.82) is 0 Å². The van der Waals surface area contributed by atoms with Crippen molar-refractivity contribution in [3.63, 3.8) is 0 Å². The normalized spacial score (nSPS) is 17.8. The molecule has 0 radical (unpaired) electrons. The van der Waals surface area contributed by atoms with E-state index in [4.69, 9.17) is 23.5 Å². The second kappa shape index (κ2) is 7.64. The predicted octanol–water partition coefficient (Wildman–Crippen LogP) is 3.62. The molecule has 1 aromatic heterocycles. The highest BCUT2D eigenvalue weighted by Crippen LogP contribution is 2.34. The topological polar surface area (TPSA) is 80.0 Å². The summed E-state index contributed by atoms with van der Waals surface area (Å²) in [7, 11) is 1.59. The van der Waals surface area contributed by atoms with Gasteiger partial charge in [-0.05, 0) is 31.2 Å². The lowest BCUT2D eigenvalue weighted by molar-refractivity contribution is -0.159. The summed E-state index contributed by atoms with van der Waals surface area (Å²) >= 11 is 0. The van der Waals surface area contributed by atoms with Gasteiger partial charge in [-0.2, -0.15) is 0 Å². The van der Waals surface area contributed by atoms with Crippen molar-refractivity contribution in [3.05, 3.63) is 60.4 Å². The Morgan fingerprint density at radius 1 is 1.07 bits per heavy atom. The third kappa shape index (κ3) is 3.51. The van der Waals surface area contributed by atoms with Crippen molar-refractivity contribution in [2.75, 3.05) is 7.11 Å². The molecule has 7 nitrogen and oxygen atoms in total. The third-order valence-electron chi connectivity index (χ3n) is 4.37. The molecule has 0 bridgehead atoms. The van der Waals surface area contributed by atoms with Crippen LogP contribution >= 0.6 is 0 Å². The first-order chi connectivity index (χ1) is 13.7. The molecule has 0 aliphatic carbocycles. The Kier molecular flexibility index (Phi) is 4.89. The number of carbonyl (C=O) groups excluding carboxylic acids is 1. The molecule has 0 fully saturated rings. The number of aromatic nitrogens is 1. The maximum atomic E-state index is 12.5. The lowest BCUT2D eigenvalue weighted by Crippen LogP contribution is -2.44. The van der Waals surface area contributed by atoms with Gasteiger partial charge in [0.25, 0.3) is 0 Å². The molecule has 0 N–H and O–H groups in total. The summed E-state index contributed by atoms with van der Waals surface area (Å²) in [6, 6.07) is 16.4. The van der Waals surface area contributed by atoms with E-state index in [0.29, 0.717) is 28.7 Å². The smallest absolute Gasteiger partial charge is 0.351 e. The lowest BCUT2D eigenvalue weighted by Gasteiger charge is -2.30. The SMILES string of the molecule is COc1ccccc1-c1cc(COC(=O)[C@H]2Oc3ccccc3O[C@H]2C)on1. The predicted molar refractivity (Wildman–Crippen MR) is 99.2 cm³/mol. The van der Waals surface area contributed by atoms with E-state index in [0.717, 1.165) is 5.56 Å². The van der Waals surface area contributed by atoms with Crippen molar-refractivity contribution in [2.24, 2.45) is 0 Å². The van der Waals surface area contributed by atoms with Crippen molar-refractivity contribution in [3.8, 4) is 28.5 Å². The van der Waals surface area contributed by atoms with Gasteiger partial charge in [0.1, 0.15) is 17.5 Å². The summed E-state index contributed by atoms with van der Waals surface area (Å²) < 4.78 is 27.4. The number of rotatable bonds is 5. The maximum absolute atomic E-state index is 12.5. The number of carbonyl (C=O) groups is 1. The summed E-state index contributed by atoms with van der Waals surface area (Å²) in [5.41, 5.74) is 1.39. The van der Waals surface area contributed by atoms with Gasteiger partial charge in [-0.25, -0.2) is 4.79 Å². The first-order valence-electron chi connectivity index (χ1n) is 8.83. The summed E-state index contributed by atoms with van der Waals surface area (Å²) in [6.45, 7) is 1.70. The Morgan fingerprint density at radius 3 is 2.57 bits per heavy atom. The molecule has 2 aromatic carbocycles. The molecule has 4 rings (SSSR count). The van der Waals surface area contributed by atoms with Crippen LogP contribution in [0.1, 0.15) is 12.7 Å². The summed E-state index contributed by atoms with van der Waals surface area (Å²) in [5, 5.41) is 4.03. The minimum atomic E-state index is -0.855. The van der Waals surface area contributed by atoms with Crippen LogP contribution in [0.15, 0.2) is 59.1 Å². The van der Waals surface area contributed by atoms with E-state index < -0.39 is 18.2 Å². The Balaban J connectivity index is 1.41. The van der Waals surface area contributed by atoms with Gasteiger partial charge in [-0.3, -0.25) is 0 Å².